The van der Waals surface area contributed by atoms with E-state index in [2.05, 4.69) is 167 Å². The van der Waals surface area contributed by atoms with Gasteiger partial charge >= 0.3 is 0 Å². The van der Waals surface area contributed by atoms with Gasteiger partial charge < -0.3 is 21.3 Å². The van der Waals surface area contributed by atoms with Crippen LogP contribution in [-0.2, 0) is 12.8 Å². The molecule has 0 spiro atoms. The zero-order valence-corrected chi connectivity index (χ0v) is 33.8. The van der Waals surface area contributed by atoms with Crippen LogP contribution in [-0.4, -0.2) is 26.2 Å². The highest BCUT2D eigenvalue weighted by Crippen LogP contribution is 2.34. The van der Waals surface area contributed by atoms with Gasteiger partial charge in [-0.2, -0.15) is 0 Å². The summed E-state index contributed by atoms with van der Waals surface area (Å²) < 4.78 is 0. The lowest BCUT2D eigenvalue weighted by atomic mass is 9.93. The molecule has 0 saturated heterocycles. The molecule has 292 valence electrons. The van der Waals surface area contributed by atoms with Gasteiger partial charge in [-0.25, -0.2) is 0 Å². The van der Waals surface area contributed by atoms with E-state index in [0.717, 1.165) is 64.7 Å². The third kappa shape index (κ3) is 8.34. The summed E-state index contributed by atoms with van der Waals surface area (Å²) in [6, 6.07) is 54.2. The predicted octanol–water partition coefficient (Wildman–Crippen LogP) is 14.0. The van der Waals surface area contributed by atoms with Crippen LogP contribution < -0.4 is 21.3 Å². The van der Waals surface area contributed by atoms with E-state index in [1.165, 1.54) is 114 Å². The Morgan fingerprint density at radius 1 is 0.224 bits per heavy atom. The Morgan fingerprint density at radius 3 is 0.690 bits per heavy atom. The van der Waals surface area contributed by atoms with Gasteiger partial charge in [0.15, 0.2) is 0 Å². The lowest BCUT2D eigenvalue weighted by molar-refractivity contribution is 0.671. The van der Waals surface area contributed by atoms with E-state index in [1.54, 1.807) is 0 Å². The first-order chi connectivity index (χ1) is 28.8. The van der Waals surface area contributed by atoms with Gasteiger partial charge in [0, 0.05) is 70.5 Å². The zero-order valence-electron chi connectivity index (χ0n) is 33.8. The fourth-order valence-corrected chi connectivity index (χ4v) is 9.19. The van der Waals surface area contributed by atoms with Crippen LogP contribution in [0.5, 0.6) is 0 Å². The van der Waals surface area contributed by atoms with Crippen LogP contribution in [0.4, 0.5) is 22.7 Å². The molecule has 2 aliphatic heterocycles. The predicted molar refractivity (Wildman–Crippen MR) is 252 cm³/mol. The number of hydrogen-bond donors (Lipinski definition) is 4. The number of anilines is 4. The number of benzene rings is 8. The van der Waals surface area contributed by atoms with Gasteiger partial charge in [-0.3, -0.25) is 0 Å². The van der Waals surface area contributed by atoms with Gasteiger partial charge in [-0.15, -0.1) is 0 Å². The SMILES string of the molecule is c1ccc2c3ccc(c2c1)Cc1ccc(c2ccccc12)NCCCCCCNc1ccc(c2ccccc12)Cc1ccc(c2ccccc12)NCCCCCCN3. The molecule has 0 aliphatic carbocycles. The minimum absolute atomic E-state index is 0.906. The number of hydrogen-bond acceptors (Lipinski definition) is 4. The van der Waals surface area contributed by atoms with Crippen LogP contribution in [0, 0.1) is 0 Å². The van der Waals surface area contributed by atoms with Crippen LogP contribution in [0.3, 0.4) is 0 Å². The maximum Gasteiger partial charge on any atom is 0.0420 e. The second-order valence-electron chi connectivity index (χ2n) is 16.2. The number of rotatable bonds is 0. The van der Waals surface area contributed by atoms with E-state index in [9.17, 15) is 0 Å². The van der Waals surface area contributed by atoms with Crippen molar-refractivity contribution in [3.8, 4) is 0 Å². The van der Waals surface area contributed by atoms with E-state index in [0.29, 0.717) is 0 Å². The van der Waals surface area contributed by atoms with Gasteiger partial charge in [0.05, 0.1) is 0 Å². The Morgan fingerprint density at radius 2 is 0.448 bits per heavy atom. The summed E-state index contributed by atoms with van der Waals surface area (Å²) in [5.74, 6) is 0. The smallest absolute Gasteiger partial charge is 0.0420 e. The lowest BCUT2D eigenvalue weighted by Crippen LogP contribution is -2.05. The zero-order chi connectivity index (χ0) is 38.9. The highest BCUT2D eigenvalue weighted by molar-refractivity contribution is 6.00. The fourth-order valence-electron chi connectivity index (χ4n) is 9.19. The maximum atomic E-state index is 3.80. The Bertz CT molecular complexity index is 2290. The third-order valence-corrected chi connectivity index (χ3v) is 12.3. The number of nitrogens with one attached hydrogen (secondary N) is 4. The summed E-state index contributed by atoms with van der Waals surface area (Å²) in [6.07, 6.45) is 11.3. The highest BCUT2D eigenvalue weighted by Gasteiger charge is 2.13. The standard InChI is InChI=1S/C54H56N4/c1-2-14-34-56-52-30-26-40(44-18-6-10-22-48(44)52)38-42-28-32-54(50-24-12-8-20-46(42)50)58-36-16-4-3-15-35-57-53-31-27-41(45-19-7-11-23-49(45)53)37-39-25-29-51(55-33-13-1)47-21-9-5-17-43(39)47/h5-12,17-32,55-58H,1-4,13-16,33-38H2. The Kier molecular flexibility index (Phi) is 11.7. The summed E-state index contributed by atoms with van der Waals surface area (Å²) in [6.45, 7) is 3.93. The molecule has 58 heavy (non-hydrogen) atoms. The molecule has 0 fully saturated rings. The molecule has 0 saturated carbocycles. The molecular formula is C54H56N4. The van der Waals surface area contributed by atoms with Crippen molar-refractivity contribution in [1.29, 1.82) is 0 Å². The van der Waals surface area contributed by atoms with Crippen LogP contribution in [0.15, 0.2) is 146 Å². The quantitative estimate of drug-likeness (QED) is 0.124. The molecule has 0 amide bonds. The largest absolute Gasteiger partial charge is 0.385 e. The fraction of sp³-hybridized carbons (Fsp3) is 0.259. The summed E-state index contributed by atoms with van der Waals surface area (Å²) >= 11 is 0. The molecule has 0 atom stereocenters. The molecule has 8 aromatic rings. The monoisotopic (exact) mass is 760 g/mol. The van der Waals surface area contributed by atoms with E-state index >= 15 is 0 Å². The van der Waals surface area contributed by atoms with Crippen LogP contribution in [0.1, 0.15) is 73.6 Å². The van der Waals surface area contributed by atoms with Gasteiger partial charge in [-0.1, -0.05) is 147 Å². The summed E-state index contributed by atoms with van der Waals surface area (Å²) in [7, 11) is 0. The first-order valence-corrected chi connectivity index (χ1v) is 21.8. The topological polar surface area (TPSA) is 48.1 Å². The average Bonchev–Trinajstić information content (AvgIpc) is 3.27. The van der Waals surface area contributed by atoms with E-state index < -0.39 is 0 Å². The molecule has 0 radical (unpaired) electrons. The second-order valence-corrected chi connectivity index (χ2v) is 16.2. The maximum absolute atomic E-state index is 3.80. The summed E-state index contributed by atoms with van der Waals surface area (Å²) in [5, 5.41) is 25.8. The summed E-state index contributed by atoms with van der Waals surface area (Å²) in [5.41, 5.74) is 10.4. The van der Waals surface area contributed by atoms with Gasteiger partial charge in [0.25, 0.3) is 0 Å². The van der Waals surface area contributed by atoms with Crippen molar-refractivity contribution in [2.24, 2.45) is 0 Å². The molecule has 4 nitrogen and oxygen atoms in total. The molecular weight excluding hydrogens is 705 g/mol. The first-order valence-electron chi connectivity index (χ1n) is 21.8. The van der Waals surface area contributed by atoms with Crippen molar-refractivity contribution in [3.63, 3.8) is 0 Å². The number of fused-ring (bicyclic) bond motifs is 18. The lowest BCUT2D eigenvalue weighted by Gasteiger charge is -2.16. The Labute approximate surface area is 344 Å². The van der Waals surface area contributed by atoms with Gasteiger partial charge in [-0.05, 0) is 107 Å². The van der Waals surface area contributed by atoms with E-state index in [-0.39, 0.29) is 0 Å². The van der Waals surface area contributed by atoms with E-state index in [4.69, 9.17) is 0 Å². The highest BCUT2D eigenvalue weighted by atomic mass is 14.9. The van der Waals surface area contributed by atoms with Crippen molar-refractivity contribution in [3.05, 3.63) is 168 Å². The Balaban J connectivity index is 0.938. The normalized spacial score (nSPS) is 15.2. The van der Waals surface area contributed by atoms with Crippen molar-refractivity contribution in [2.75, 3.05) is 47.4 Å². The molecule has 0 unspecified atom stereocenters. The van der Waals surface area contributed by atoms with Crippen molar-refractivity contribution in [2.45, 2.75) is 64.2 Å². The van der Waals surface area contributed by atoms with E-state index in [1.807, 2.05) is 0 Å². The van der Waals surface area contributed by atoms with Crippen molar-refractivity contribution < 1.29 is 0 Å². The molecule has 10 rings (SSSR count). The minimum Gasteiger partial charge on any atom is -0.385 e. The van der Waals surface area contributed by atoms with Crippen LogP contribution >= 0.6 is 0 Å². The van der Waals surface area contributed by atoms with Crippen LogP contribution in [0.25, 0.3) is 43.1 Å². The van der Waals surface area contributed by atoms with Crippen molar-refractivity contribution >= 4 is 65.8 Å². The molecule has 4 N–H and O–H groups in total. The molecule has 2 aliphatic rings. The summed E-state index contributed by atoms with van der Waals surface area (Å²) in [4.78, 5) is 0. The molecule has 4 heteroatoms. The molecule has 2 heterocycles. The molecule has 0 aromatic heterocycles. The first kappa shape index (κ1) is 37.6. The van der Waals surface area contributed by atoms with Gasteiger partial charge in [0.2, 0.25) is 0 Å². The second kappa shape index (κ2) is 18.1. The van der Waals surface area contributed by atoms with Crippen LogP contribution in [0.2, 0.25) is 0 Å². The van der Waals surface area contributed by atoms with Crippen molar-refractivity contribution in [1.82, 2.24) is 0 Å². The Hall–Kier alpha value is -6.00. The van der Waals surface area contributed by atoms with Gasteiger partial charge in [0.1, 0.15) is 0 Å². The molecule has 8 aromatic carbocycles. The molecule has 8 bridgehead atoms. The minimum atomic E-state index is 0.906. The average molecular weight is 761 g/mol. The third-order valence-electron chi connectivity index (χ3n) is 12.3.